The summed E-state index contributed by atoms with van der Waals surface area (Å²) in [6, 6.07) is 0. The summed E-state index contributed by atoms with van der Waals surface area (Å²) in [6.07, 6.45) is 0.252. The Morgan fingerprint density at radius 2 is 2.23 bits per heavy atom. The van der Waals surface area contributed by atoms with Crippen molar-refractivity contribution in [1.29, 1.82) is 0 Å². The highest BCUT2D eigenvalue weighted by Crippen LogP contribution is 2.21. The molecule has 0 amide bonds. The third-order valence-electron chi connectivity index (χ3n) is 1.42. The quantitative estimate of drug-likeness (QED) is 0.710. The fraction of sp³-hybridized carbons (Fsp3) is 0.286. The summed E-state index contributed by atoms with van der Waals surface area (Å²) in [7, 11) is 0. The topological polar surface area (TPSA) is 93.3 Å². The number of carbonyl (C=O) groups excluding carboxylic acids is 1. The largest absolute Gasteiger partial charge is 0.476 e. The molecule has 1 rings (SSSR count). The number of hydrogen-bond donors (Lipinski definition) is 2. The fourth-order valence-electron chi connectivity index (χ4n) is 0.831. The number of aromatic carboxylic acids is 1. The summed E-state index contributed by atoms with van der Waals surface area (Å²) >= 11 is 0.912. The molecule has 0 saturated heterocycles. The van der Waals surface area contributed by atoms with Crippen molar-refractivity contribution >= 4 is 28.2 Å². The molecule has 0 radical (unpaired) electrons. The molecule has 0 fully saturated rings. The molecule has 0 unspecified atom stereocenters. The minimum atomic E-state index is -1.22. The van der Waals surface area contributed by atoms with Gasteiger partial charge in [0.15, 0.2) is 16.6 Å². The number of carboxylic acid groups (broad SMARTS) is 1. The molecule has 1 heterocycles. The SMILES string of the molecule is CCC(=O)c1sc(N)nc1C(=O)O. The van der Waals surface area contributed by atoms with Crippen LogP contribution in [0.1, 0.15) is 33.5 Å². The van der Waals surface area contributed by atoms with Gasteiger partial charge < -0.3 is 10.8 Å². The van der Waals surface area contributed by atoms with Gasteiger partial charge in [0.2, 0.25) is 0 Å². The van der Waals surface area contributed by atoms with E-state index in [0.717, 1.165) is 11.3 Å². The van der Waals surface area contributed by atoms with Crippen molar-refractivity contribution in [3.05, 3.63) is 10.6 Å². The van der Waals surface area contributed by atoms with Crippen molar-refractivity contribution in [3.63, 3.8) is 0 Å². The summed E-state index contributed by atoms with van der Waals surface area (Å²) in [4.78, 5) is 25.5. The van der Waals surface area contributed by atoms with Gasteiger partial charge in [-0.15, -0.1) is 0 Å². The number of aromatic nitrogens is 1. The van der Waals surface area contributed by atoms with Crippen LogP contribution in [0.15, 0.2) is 0 Å². The van der Waals surface area contributed by atoms with Gasteiger partial charge in [-0.25, -0.2) is 9.78 Å². The van der Waals surface area contributed by atoms with Crippen LogP contribution in [0, 0.1) is 0 Å². The van der Waals surface area contributed by atoms with E-state index in [2.05, 4.69) is 4.98 Å². The molecule has 3 N–H and O–H groups in total. The van der Waals surface area contributed by atoms with Crippen LogP contribution >= 0.6 is 11.3 Å². The van der Waals surface area contributed by atoms with Crippen LogP contribution in [0.4, 0.5) is 5.13 Å². The monoisotopic (exact) mass is 200 g/mol. The molecule has 5 nitrogen and oxygen atoms in total. The number of hydrogen-bond acceptors (Lipinski definition) is 5. The zero-order chi connectivity index (χ0) is 10.0. The number of anilines is 1. The summed E-state index contributed by atoms with van der Waals surface area (Å²) in [6.45, 7) is 1.66. The molecule has 0 aliphatic carbocycles. The molecule has 0 aromatic carbocycles. The van der Waals surface area contributed by atoms with Gasteiger partial charge in [0.1, 0.15) is 4.88 Å². The number of rotatable bonds is 3. The second-order valence-electron chi connectivity index (χ2n) is 2.31. The maximum Gasteiger partial charge on any atom is 0.356 e. The molecule has 0 spiro atoms. The van der Waals surface area contributed by atoms with Crippen LogP contribution in [-0.2, 0) is 0 Å². The van der Waals surface area contributed by atoms with Gasteiger partial charge in [0.25, 0.3) is 0 Å². The Morgan fingerprint density at radius 3 is 2.69 bits per heavy atom. The third-order valence-corrected chi connectivity index (χ3v) is 2.35. The molecule has 1 aromatic heterocycles. The molecular weight excluding hydrogens is 192 g/mol. The smallest absolute Gasteiger partial charge is 0.356 e. The van der Waals surface area contributed by atoms with Crippen LogP contribution in [0.3, 0.4) is 0 Å². The van der Waals surface area contributed by atoms with Gasteiger partial charge in [0.05, 0.1) is 0 Å². The lowest BCUT2D eigenvalue weighted by Crippen LogP contribution is -2.05. The Hall–Kier alpha value is -1.43. The number of nitrogens with zero attached hydrogens (tertiary/aromatic N) is 1. The van der Waals surface area contributed by atoms with Gasteiger partial charge in [-0.3, -0.25) is 4.79 Å². The van der Waals surface area contributed by atoms with Crippen molar-refractivity contribution in [2.75, 3.05) is 5.73 Å². The van der Waals surface area contributed by atoms with Crippen molar-refractivity contribution in [2.24, 2.45) is 0 Å². The molecule has 0 aliphatic rings. The zero-order valence-corrected chi connectivity index (χ0v) is 7.72. The van der Waals surface area contributed by atoms with E-state index in [0.29, 0.717) is 0 Å². The van der Waals surface area contributed by atoms with Crippen molar-refractivity contribution in [1.82, 2.24) is 4.98 Å². The van der Waals surface area contributed by atoms with Crippen LogP contribution in [0.5, 0.6) is 0 Å². The number of carboxylic acids is 1. The molecule has 6 heteroatoms. The highest BCUT2D eigenvalue weighted by Gasteiger charge is 2.20. The Balaban J connectivity index is 3.19. The fourth-order valence-corrected chi connectivity index (χ4v) is 1.67. The maximum absolute atomic E-state index is 11.2. The molecule has 0 atom stereocenters. The van der Waals surface area contributed by atoms with Crippen LogP contribution in [-0.4, -0.2) is 21.8 Å². The Labute approximate surface area is 78.2 Å². The molecule has 1 aromatic rings. The van der Waals surface area contributed by atoms with E-state index in [1.54, 1.807) is 6.92 Å². The average Bonchev–Trinajstić information content (AvgIpc) is 2.46. The third kappa shape index (κ3) is 1.83. The van der Waals surface area contributed by atoms with Crippen LogP contribution < -0.4 is 5.73 Å². The summed E-state index contributed by atoms with van der Waals surface area (Å²) in [5.74, 6) is -1.46. The average molecular weight is 200 g/mol. The van der Waals surface area contributed by atoms with Gasteiger partial charge in [0, 0.05) is 6.42 Å². The van der Waals surface area contributed by atoms with E-state index in [9.17, 15) is 9.59 Å². The number of nitrogens with two attached hydrogens (primary N) is 1. The second kappa shape index (κ2) is 3.53. The first-order valence-electron chi connectivity index (χ1n) is 3.59. The van der Waals surface area contributed by atoms with Crippen LogP contribution in [0.2, 0.25) is 0 Å². The lowest BCUT2D eigenvalue weighted by Gasteiger charge is -1.92. The Morgan fingerprint density at radius 1 is 1.62 bits per heavy atom. The van der Waals surface area contributed by atoms with E-state index in [1.165, 1.54) is 0 Å². The van der Waals surface area contributed by atoms with Gasteiger partial charge >= 0.3 is 5.97 Å². The van der Waals surface area contributed by atoms with Gasteiger partial charge in [-0.1, -0.05) is 18.3 Å². The Kier molecular flexibility index (Phi) is 2.62. The molecular formula is C7H8N2O3S. The molecule has 0 saturated carbocycles. The van der Waals surface area contributed by atoms with Crippen molar-refractivity contribution < 1.29 is 14.7 Å². The molecule has 0 bridgehead atoms. The molecule has 13 heavy (non-hydrogen) atoms. The lowest BCUT2D eigenvalue weighted by atomic mass is 10.2. The molecule has 0 aliphatic heterocycles. The van der Waals surface area contributed by atoms with Gasteiger partial charge in [-0.2, -0.15) is 0 Å². The van der Waals surface area contributed by atoms with E-state index in [-0.39, 0.29) is 27.9 Å². The Bertz CT molecular complexity index is 359. The highest BCUT2D eigenvalue weighted by molar-refractivity contribution is 7.17. The summed E-state index contributed by atoms with van der Waals surface area (Å²) in [5, 5.41) is 8.77. The maximum atomic E-state index is 11.2. The predicted octanol–water partition coefficient (Wildman–Crippen LogP) is 1.02. The highest BCUT2D eigenvalue weighted by atomic mass is 32.1. The first-order chi connectivity index (χ1) is 6.06. The minimum Gasteiger partial charge on any atom is -0.476 e. The molecule has 70 valence electrons. The number of carbonyl (C=O) groups is 2. The summed E-state index contributed by atoms with van der Waals surface area (Å²) in [5.41, 5.74) is 5.06. The van der Waals surface area contributed by atoms with E-state index in [1.807, 2.05) is 0 Å². The summed E-state index contributed by atoms with van der Waals surface area (Å²) < 4.78 is 0. The predicted molar refractivity (Wildman–Crippen MR) is 48.1 cm³/mol. The lowest BCUT2D eigenvalue weighted by molar-refractivity contribution is 0.0686. The van der Waals surface area contributed by atoms with Crippen molar-refractivity contribution in [2.45, 2.75) is 13.3 Å². The first kappa shape index (κ1) is 9.66. The zero-order valence-electron chi connectivity index (χ0n) is 6.90. The standard InChI is InChI=1S/C7H8N2O3S/c1-2-3(10)5-4(6(11)12)9-7(8)13-5/h2H2,1H3,(H2,8,9)(H,11,12). The van der Waals surface area contributed by atoms with E-state index < -0.39 is 5.97 Å². The van der Waals surface area contributed by atoms with E-state index in [4.69, 9.17) is 10.8 Å². The van der Waals surface area contributed by atoms with Gasteiger partial charge in [-0.05, 0) is 0 Å². The first-order valence-corrected chi connectivity index (χ1v) is 4.40. The van der Waals surface area contributed by atoms with Crippen molar-refractivity contribution in [3.8, 4) is 0 Å². The number of thiazole rings is 1. The number of Topliss-reactive ketones (excluding diaryl/α,β-unsaturated/α-hetero) is 1. The minimum absolute atomic E-state index is 0.106. The number of ketones is 1. The normalized spacial score (nSPS) is 9.92. The second-order valence-corrected chi connectivity index (χ2v) is 3.34. The van der Waals surface area contributed by atoms with Crippen LogP contribution in [0.25, 0.3) is 0 Å². The number of nitrogen functional groups attached to an aromatic ring is 1. The van der Waals surface area contributed by atoms with E-state index >= 15 is 0 Å².